The van der Waals surface area contributed by atoms with Gasteiger partial charge < -0.3 is 9.92 Å². The molecule has 0 fully saturated rings. The molecule has 1 rings (SSSR count). The smallest absolute Gasteiger partial charge is 0.369 e. The maximum Gasteiger partial charge on any atom is 0.446 e. The van der Waals surface area contributed by atoms with Crippen molar-refractivity contribution in [1.29, 1.82) is 0 Å². The Morgan fingerprint density at radius 2 is 1.87 bits per heavy atom. The molecule has 0 aliphatic rings. The molecule has 0 aromatic heterocycles. The lowest BCUT2D eigenvalue weighted by Gasteiger charge is -2.02. The predicted octanol–water partition coefficient (Wildman–Crippen LogP) is -0.104. The average Bonchev–Trinajstić information content (AvgIpc) is 2.05. The van der Waals surface area contributed by atoms with Crippen LogP contribution in [0.2, 0.25) is 0 Å². The summed E-state index contributed by atoms with van der Waals surface area (Å²) < 4.78 is 33.2. The molecule has 6 nitrogen and oxygen atoms in total. The lowest BCUT2D eigenvalue weighted by atomic mass is 10.1. The Kier molecular flexibility index (Phi) is 3.28. The van der Waals surface area contributed by atoms with E-state index in [0.29, 0.717) is 5.56 Å². The molecule has 0 aliphatic carbocycles. The van der Waals surface area contributed by atoms with Crippen LogP contribution in [-0.4, -0.2) is 18.9 Å². The van der Waals surface area contributed by atoms with Crippen LogP contribution in [0.1, 0.15) is 5.56 Å². The van der Waals surface area contributed by atoms with Crippen molar-refractivity contribution in [1.82, 2.24) is 0 Å². The summed E-state index contributed by atoms with van der Waals surface area (Å²) in [6.07, 6.45) is 0.0617. The van der Waals surface area contributed by atoms with Crippen molar-refractivity contribution in [3.8, 4) is 5.75 Å². The Labute approximate surface area is 86.6 Å². The van der Waals surface area contributed by atoms with E-state index in [1.54, 1.807) is 0 Å². The largest absolute Gasteiger partial charge is 0.446 e. The fraction of sp³-hybridized carbons (Fsp3) is 0.125. The topological polar surface area (TPSA) is 107 Å². The minimum Gasteiger partial charge on any atom is -0.369 e. The number of carbonyl (C=O) groups excluding carboxylic acids is 1. The minimum absolute atomic E-state index is 0.0364. The van der Waals surface area contributed by atoms with E-state index in [-0.39, 0.29) is 12.2 Å². The standard InChI is InChI=1S/C8H9NO5S/c9-8(10)5-6-1-3-7(4-2-6)14-15(11,12)13/h1-4H,5H2,(H2,9,10)(H,11,12,13). The lowest BCUT2D eigenvalue weighted by Crippen LogP contribution is -2.13. The molecule has 15 heavy (non-hydrogen) atoms. The van der Waals surface area contributed by atoms with Crippen molar-refractivity contribution in [3.05, 3.63) is 29.8 Å². The van der Waals surface area contributed by atoms with E-state index in [0.717, 1.165) is 0 Å². The molecule has 0 unspecified atom stereocenters. The van der Waals surface area contributed by atoms with Crippen LogP contribution >= 0.6 is 0 Å². The van der Waals surface area contributed by atoms with Crippen LogP contribution in [0, 0.1) is 0 Å². The zero-order valence-corrected chi connectivity index (χ0v) is 8.40. The van der Waals surface area contributed by atoms with Crippen LogP contribution in [0.3, 0.4) is 0 Å². The third-order valence-corrected chi connectivity index (χ3v) is 1.91. The molecule has 3 N–H and O–H groups in total. The van der Waals surface area contributed by atoms with Crippen LogP contribution in [0.25, 0.3) is 0 Å². The molecule has 1 aromatic rings. The number of primary amides is 1. The van der Waals surface area contributed by atoms with Gasteiger partial charge in [-0.25, -0.2) is 0 Å². The van der Waals surface area contributed by atoms with Crippen LogP contribution in [0.4, 0.5) is 0 Å². The number of hydrogen-bond donors (Lipinski definition) is 2. The summed E-state index contributed by atoms with van der Waals surface area (Å²) in [5.74, 6) is -0.524. The molecule has 1 amide bonds. The van der Waals surface area contributed by atoms with Crippen LogP contribution in [0.15, 0.2) is 24.3 Å². The normalized spacial score (nSPS) is 11.0. The molecule has 1 aromatic carbocycles. The first kappa shape index (κ1) is 11.5. The Balaban J connectivity index is 2.77. The summed E-state index contributed by atoms with van der Waals surface area (Å²) in [5.41, 5.74) is 5.59. The first-order chi connectivity index (χ1) is 6.87. The SMILES string of the molecule is NC(=O)Cc1ccc(OS(=O)(=O)O)cc1. The fourth-order valence-electron chi connectivity index (χ4n) is 0.986. The van der Waals surface area contributed by atoms with Crippen molar-refractivity contribution >= 4 is 16.3 Å². The summed E-state index contributed by atoms with van der Waals surface area (Å²) in [5, 5.41) is 0. The lowest BCUT2D eigenvalue weighted by molar-refractivity contribution is -0.117. The molecule has 0 saturated heterocycles. The fourth-order valence-corrected chi connectivity index (χ4v) is 1.34. The van der Waals surface area contributed by atoms with Crippen molar-refractivity contribution in [2.24, 2.45) is 5.73 Å². The van der Waals surface area contributed by atoms with E-state index in [9.17, 15) is 13.2 Å². The summed E-state index contributed by atoms with van der Waals surface area (Å²) in [6.45, 7) is 0. The minimum atomic E-state index is -4.50. The monoisotopic (exact) mass is 231 g/mol. The average molecular weight is 231 g/mol. The second-order valence-electron chi connectivity index (χ2n) is 2.80. The Morgan fingerprint density at radius 1 is 1.33 bits per heavy atom. The van der Waals surface area contributed by atoms with Gasteiger partial charge in [-0.1, -0.05) is 12.1 Å². The first-order valence-electron chi connectivity index (χ1n) is 3.91. The molecular weight excluding hydrogens is 222 g/mol. The van der Waals surface area contributed by atoms with E-state index in [1.807, 2.05) is 0 Å². The molecule has 0 atom stereocenters. The second kappa shape index (κ2) is 4.28. The quantitative estimate of drug-likeness (QED) is 0.703. The van der Waals surface area contributed by atoms with Crippen molar-refractivity contribution in [2.75, 3.05) is 0 Å². The number of benzene rings is 1. The molecule has 0 heterocycles. The maximum absolute atomic E-state index is 10.5. The highest BCUT2D eigenvalue weighted by molar-refractivity contribution is 7.81. The van der Waals surface area contributed by atoms with Crippen LogP contribution in [-0.2, 0) is 21.6 Å². The first-order valence-corrected chi connectivity index (χ1v) is 5.27. The number of nitrogens with two attached hydrogens (primary N) is 1. The molecule has 7 heteroatoms. The number of amides is 1. The van der Waals surface area contributed by atoms with E-state index in [2.05, 4.69) is 4.18 Å². The van der Waals surface area contributed by atoms with E-state index in [1.165, 1.54) is 24.3 Å². The van der Waals surface area contributed by atoms with Gasteiger partial charge in [-0.15, -0.1) is 0 Å². The third kappa shape index (κ3) is 4.43. The predicted molar refractivity (Wildman–Crippen MR) is 51.5 cm³/mol. The number of carbonyl (C=O) groups is 1. The molecule has 0 bridgehead atoms. The molecule has 0 aliphatic heterocycles. The third-order valence-electron chi connectivity index (χ3n) is 1.50. The zero-order chi connectivity index (χ0) is 11.5. The summed E-state index contributed by atoms with van der Waals surface area (Å²) in [6, 6.07) is 5.58. The van der Waals surface area contributed by atoms with Crippen molar-refractivity contribution < 1.29 is 21.9 Å². The summed E-state index contributed by atoms with van der Waals surface area (Å²) >= 11 is 0. The number of hydrogen-bond acceptors (Lipinski definition) is 4. The van der Waals surface area contributed by atoms with Gasteiger partial charge in [-0.2, -0.15) is 8.42 Å². The molecule has 0 radical (unpaired) electrons. The molecule has 0 spiro atoms. The van der Waals surface area contributed by atoms with Crippen molar-refractivity contribution in [2.45, 2.75) is 6.42 Å². The molecular formula is C8H9NO5S. The van der Waals surface area contributed by atoms with E-state index in [4.69, 9.17) is 10.3 Å². The highest BCUT2D eigenvalue weighted by Gasteiger charge is 2.06. The van der Waals surface area contributed by atoms with Gasteiger partial charge in [0.15, 0.2) is 0 Å². The van der Waals surface area contributed by atoms with Crippen LogP contribution in [0.5, 0.6) is 5.75 Å². The van der Waals surface area contributed by atoms with Gasteiger partial charge in [-0.3, -0.25) is 9.35 Å². The van der Waals surface area contributed by atoms with Gasteiger partial charge in [0.2, 0.25) is 5.91 Å². The second-order valence-corrected chi connectivity index (χ2v) is 3.82. The molecule has 82 valence electrons. The Bertz CT molecular complexity index is 450. The zero-order valence-electron chi connectivity index (χ0n) is 7.58. The maximum atomic E-state index is 10.5. The van der Waals surface area contributed by atoms with Gasteiger partial charge in [-0.05, 0) is 17.7 Å². The highest BCUT2D eigenvalue weighted by atomic mass is 32.3. The van der Waals surface area contributed by atoms with Gasteiger partial charge in [0.1, 0.15) is 5.75 Å². The van der Waals surface area contributed by atoms with Gasteiger partial charge in [0, 0.05) is 0 Å². The Morgan fingerprint density at radius 3 is 2.27 bits per heavy atom. The van der Waals surface area contributed by atoms with Gasteiger partial charge >= 0.3 is 10.4 Å². The Hall–Kier alpha value is -1.60. The summed E-state index contributed by atoms with van der Waals surface area (Å²) in [7, 11) is -4.50. The summed E-state index contributed by atoms with van der Waals surface area (Å²) in [4.78, 5) is 10.5. The van der Waals surface area contributed by atoms with Gasteiger partial charge in [0.25, 0.3) is 0 Å². The van der Waals surface area contributed by atoms with Crippen molar-refractivity contribution in [3.63, 3.8) is 0 Å². The van der Waals surface area contributed by atoms with Gasteiger partial charge in [0.05, 0.1) is 6.42 Å². The molecule has 0 saturated carbocycles. The van der Waals surface area contributed by atoms with Crippen LogP contribution < -0.4 is 9.92 Å². The van der Waals surface area contributed by atoms with E-state index >= 15 is 0 Å². The highest BCUT2D eigenvalue weighted by Crippen LogP contribution is 2.13. The number of rotatable bonds is 4. The van der Waals surface area contributed by atoms with E-state index < -0.39 is 16.3 Å².